The van der Waals surface area contributed by atoms with Crippen LogP contribution in [0.5, 0.6) is 0 Å². The SMILES string of the molecule is CC(O[Si](c1ccccc1)(c1ccccc1)C(C)(C)C)c1ccc2c(n1)C1(CC3(CCC(=O)CC3)C1)C(=O)N2. The Balaban J connectivity index is 1.36. The second-order valence-electron chi connectivity index (χ2n) is 13.0. The van der Waals surface area contributed by atoms with Crippen LogP contribution in [-0.4, -0.2) is 25.0 Å². The van der Waals surface area contributed by atoms with E-state index >= 15 is 0 Å². The van der Waals surface area contributed by atoms with Crippen molar-refractivity contribution in [3.63, 3.8) is 0 Å². The van der Waals surface area contributed by atoms with Crippen LogP contribution < -0.4 is 15.7 Å². The zero-order valence-corrected chi connectivity index (χ0v) is 24.4. The number of carbonyl (C=O) groups excluding carboxylic acids is 2. The standard InChI is InChI=1S/C33H38N2O3Si/c1-23(38-39(31(2,3)4,25-11-7-5-8-12-25)26-13-9-6-10-14-26)27-15-16-28-29(34-27)33(30(37)35-28)21-32(22-33)19-17-24(36)18-20-32/h5-16,23H,17-22H2,1-4H3,(H,35,37). The molecule has 5 nitrogen and oxygen atoms in total. The quantitative estimate of drug-likeness (QED) is 0.415. The molecule has 2 heterocycles. The summed E-state index contributed by atoms with van der Waals surface area (Å²) in [6, 6.07) is 25.3. The van der Waals surface area contributed by atoms with E-state index in [1.807, 2.05) is 12.1 Å². The molecule has 1 atom stereocenters. The Bertz CT molecular complexity index is 1360. The number of carbonyl (C=O) groups is 2. The van der Waals surface area contributed by atoms with E-state index in [4.69, 9.17) is 9.41 Å². The topological polar surface area (TPSA) is 68.3 Å². The summed E-state index contributed by atoms with van der Waals surface area (Å²) in [7, 11) is -2.76. The van der Waals surface area contributed by atoms with E-state index in [2.05, 4.69) is 93.7 Å². The second-order valence-corrected chi connectivity index (χ2v) is 17.2. The van der Waals surface area contributed by atoms with E-state index in [0.717, 1.165) is 42.8 Å². The van der Waals surface area contributed by atoms with Crippen molar-refractivity contribution >= 4 is 36.1 Å². The molecule has 1 aliphatic heterocycles. The average Bonchev–Trinajstić information content (AvgIpc) is 3.19. The number of hydrogen-bond donors (Lipinski definition) is 1. The number of ketones is 1. The van der Waals surface area contributed by atoms with Crippen LogP contribution in [-0.2, 0) is 19.4 Å². The lowest BCUT2D eigenvalue weighted by Crippen LogP contribution is -2.66. The fourth-order valence-electron chi connectivity index (χ4n) is 7.50. The Morgan fingerprint density at radius 2 is 1.44 bits per heavy atom. The Kier molecular flexibility index (Phi) is 6.19. The van der Waals surface area contributed by atoms with Gasteiger partial charge in [-0.3, -0.25) is 14.6 Å². The molecule has 6 heteroatoms. The molecule has 1 aromatic heterocycles. The Hall–Kier alpha value is -3.09. The summed E-state index contributed by atoms with van der Waals surface area (Å²) in [6.07, 6.45) is 4.37. The van der Waals surface area contributed by atoms with Crippen molar-refractivity contribution in [2.24, 2.45) is 5.41 Å². The first-order valence-electron chi connectivity index (χ1n) is 14.2. The highest BCUT2D eigenvalue weighted by Gasteiger charge is 2.63. The fourth-order valence-corrected chi connectivity index (χ4v) is 12.2. The molecule has 0 bridgehead atoms. The highest BCUT2D eigenvalue weighted by molar-refractivity contribution is 6.99. The number of nitrogens with one attached hydrogen (secondary N) is 1. The number of benzene rings is 2. The number of aromatic nitrogens is 1. The Morgan fingerprint density at radius 1 is 0.872 bits per heavy atom. The van der Waals surface area contributed by atoms with Gasteiger partial charge in [-0.25, -0.2) is 0 Å². The molecule has 6 rings (SSSR count). The minimum absolute atomic E-state index is 0.0604. The van der Waals surface area contributed by atoms with Gasteiger partial charge in [0.2, 0.25) is 5.91 Å². The van der Waals surface area contributed by atoms with Gasteiger partial charge < -0.3 is 9.74 Å². The van der Waals surface area contributed by atoms with E-state index in [1.165, 1.54) is 10.4 Å². The van der Waals surface area contributed by atoms with E-state index in [1.54, 1.807) is 0 Å². The molecule has 1 unspecified atom stereocenters. The predicted octanol–water partition coefficient (Wildman–Crippen LogP) is 5.83. The Morgan fingerprint density at radius 3 is 1.97 bits per heavy atom. The van der Waals surface area contributed by atoms with Crippen molar-refractivity contribution in [1.29, 1.82) is 0 Å². The lowest BCUT2D eigenvalue weighted by atomic mass is 9.47. The molecule has 0 radical (unpaired) electrons. The number of nitrogens with zero attached hydrogens (tertiary/aromatic N) is 1. The summed E-state index contributed by atoms with van der Waals surface area (Å²) in [5, 5.41) is 5.44. The maximum Gasteiger partial charge on any atom is 0.261 e. The third-order valence-corrected chi connectivity index (χ3v) is 14.6. The van der Waals surface area contributed by atoms with E-state index in [9.17, 15) is 9.59 Å². The number of hydrogen-bond acceptors (Lipinski definition) is 4. The number of rotatable bonds is 5. The van der Waals surface area contributed by atoms with Crippen molar-refractivity contribution in [1.82, 2.24) is 4.98 Å². The minimum Gasteiger partial charge on any atom is -0.399 e. The second kappa shape index (κ2) is 9.24. The number of fused-ring (bicyclic) bond motifs is 2. The van der Waals surface area contributed by atoms with Crippen LogP contribution in [0.2, 0.25) is 5.04 Å². The van der Waals surface area contributed by atoms with Crippen molar-refractivity contribution in [3.05, 3.63) is 84.2 Å². The smallest absolute Gasteiger partial charge is 0.261 e. The van der Waals surface area contributed by atoms with Crippen LogP contribution in [0.15, 0.2) is 72.8 Å². The van der Waals surface area contributed by atoms with Crippen LogP contribution >= 0.6 is 0 Å². The molecule has 0 saturated heterocycles. The van der Waals surface area contributed by atoms with Crippen LogP contribution in [0.4, 0.5) is 5.69 Å². The molecule has 202 valence electrons. The van der Waals surface area contributed by atoms with E-state index < -0.39 is 13.7 Å². The Labute approximate surface area is 232 Å². The summed E-state index contributed by atoms with van der Waals surface area (Å²) < 4.78 is 7.32. The lowest BCUT2D eigenvalue weighted by Gasteiger charge is -2.54. The zero-order chi connectivity index (χ0) is 27.5. The molecule has 1 N–H and O–H groups in total. The molecule has 2 saturated carbocycles. The summed E-state index contributed by atoms with van der Waals surface area (Å²) in [5.41, 5.74) is 2.07. The minimum atomic E-state index is -2.76. The molecular formula is C33H38N2O3Si. The molecule has 2 spiro atoms. The molecule has 39 heavy (non-hydrogen) atoms. The summed E-state index contributed by atoms with van der Waals surface area (Å²) in [6.45, 7) is 8.94. The predicted molar refractivity (Wildman–Crippen MR) is 157 cm³/mol. The molecule has 2 fully saturated rings. The van der Waals surface area contributed by atoms with Crippen molar-refractivity contribution < 1.29 is 14.0 Å². The van der Waals surface area contributed by atoms with Crippen LogP contribution in [0, 0.1) is 5.41 Å². The van der Waals surface area contributed by atoms with Gasteiger partial charge in [-0.2, -0.15) is 0 Å². The van der Waals surface area contributed by atoms with Crippen molar-refractivity contribution in [3.8, 4) is 0 Å². The monoisotopic (exact) mass is 538 g/mol. The van der Waals surface area contributed by atoms with E-state index in [-0.39, 0.29) is 22.5 Å². The average molecular weight is 539 g/mol. The van der Waals surface area contributed by atoms with Crippen molar-refractivity contribution in [2.45, 2.75) is 82.8 Å². The van der Waals surface area contributed by atoms with Crippen molar-refractivity contribution in [2.75, 3.05) is 5.32 Å². The van der Waals surface area contributed by atoms with Crippen LogP contribution in [0.25, 0.3) is 0 Å². The van der Waals surface area contributed by atoms with Gasteiger partial charge in [-0.15, -0.1) is 0 Å². The third-order valence-electron chi connectivity index (χ3n) is 9.46. The molecule has 3 aliphatic rings. The number of amides is 1. The van der Waals surface area contributed by atoms with Gasteiger partial charge in [-0.1, -0.05) is 81.4 Å². The van der Waals surface area contributed by atoms with E-state index in [0.29, 0.717) is 18.6 Å². The van der Waals surface area contributed by atoms with Gasteiger partial charge in [0.25, 0.3) is 8.32 Å². The number of Topliss-reactive ketones (excluding diaryl/α,β-unsaturated/α-hetero) is 1. The molecule has 1 amide bonds. The first kappa shape index (κ1) is 26.1. The fraction of sp³-hybridized carbons (Fsp3) is 0.424. The van der Waals surface area contributed by atoms with Crippen LogP contribution in [0.3, 0.4) is 0 Å². The van der Waals surface area contributed by atoms with Gasteiger partial charge in [0, 0.05) is 12.8 Å². The molecular weight excluding hydrogens is 500 g/mol. The van der Waals surface area contributed by atoms with Gasteiger partial charge in [0.05, 0.1) is 28.6 Å². The summed E-state index contributed by atoms with van der Waals surface area (Å²) in [5.74, 6) is 0.415. The normalized spacial score (nSPS) is 20.4. The van der Waals surface area contributed by atoms with Crippen LogP contribution in [0.1, 0.15) is 83.7 Å². The number of anilines is 1. The maximum absolute atomic E-state index is 13.3. The van der Waals surface area contributed by atoms with Gasteiger partial charge in [0.15, 0.2) is 0 Å². The third kappa shape index (κ3) is 4.11. The molecule has 2 aliphatic carbocycles. The largest absolute Gasteiger partial charge is 0.399 e. The highest BCUT2D eigenvalue weighted by Crippen LogP contribution is 2.64. The van der Waals surface area contributed by atoms with Gasteiger partial charge in [-0.05, 0) is 65.6 Å². The maximum atomic E-state index is 13.3. The summed E-state index contributed by atoms with van der Waals surface area (Å²) >= 11 is 0. The first-order valence-corrected chi connectivity index (χ1v) is 16.1. The van der Waals surface area contributed by atoms with Gasteiger partial charge >= 0.3 is 0 Å². The lowest BCUT2D eigenvalue weighted by molar-refractivity contribution is -0.135. The molecule has 2 aromatic carbocycles. The number of pyridine rings is 1. The highest BCUT2D eigenvalue weighted by atomic mass is 28.4. The zero-order valence-electron chi connectivity index (χ0n) is 23.4. The van der Waals surface area contributed by atoms with Gasteiger partial charge in [0.1, 0.15) is 5.78 Å². The first-order chi connectivity index (χ1) is 18.6. The molecule has 3 aromatic rings. The summed E-state index contributed by atoms with van der Waals surface area (Å²) in [4.78, 5) is 30.3.